The van der Waals surface area contributed by atoms with Crippen molar-refractivity contribution >= 4 is 30.0 Å². The Labute approximate surface area is 73.5 Å². The Morgan fingerprint density at radius 1 is 1.73 bits per heavy atom. The normalized spacial score (nSPS) is 10.7. The van der Waals surface area contributed by atoms with Gasteiger partial charge in [0.2, 0.25) is 0 Å². The largest absolute Gasteiger partial charge is 0.311 e. The monoisotopic (exact) mass is 188 g/mol. The molecule has 0 bridgehead atoms. The number of nitrogens with zero attached hydrogens (tertiary/aromatic N) is 2. The number of rotatable bonds is 2. The van der Waals surface area contributed by atoms with Crippen LogP contribution in [0, 0.1) is 0 Å². The van der Waals surface area contributed by atoms with Gasteiger partial charge in [-0.1, -0.05) is 11.6 Å². The predicted octanol–water partition coefficient (Wildman–Crippen LogP) is 2.28. The van der Waals surface area contributed by atoms with Gasteiger partial charge < -0.3 is 4.55 Å². The molecule has 0 aliphatic heterocycles. The van der Waals surface area contributed by atoms with Gasteiger partial charge in [0.15, 0.2) is 0 Å². The summed E-state index contributed by atoms with van der Waals surface area (Å²) in [6.45, 7) is 0. The molecule has 0 radical (unpaired) electrons. The van der Waals surface area contributed by atoms with E-state index in [1.807, 2.05) is 0 Å². The summed E-state index contributed by atoms with van der Waals surface area (Å²) < 4.78 is 11.8. The minimum Gasteiger partial charge on any atom is -0.311 e. The van der Waals surface area contributed by atoms with Crippen molar-refractivity contribution in [2.75, 3.05) is 0 Å². The molecule has 0 amide bonds. The highest BCUT2D eigenvalue weighted by atomic mass is 35.5. The third-order valence-corrected chi connectivity index (χ3v) is 1.41. The van der Waals surface area contributed by atoms with E-state index in [2.05, 4.69) is 9.38 Å². The second-order valence-electron chi connectivity index (χ2n) is 1.72. The zero-order valence-corrected chi connectivity index (χ0v) is 7.01. The van der Waals surface area contributed by atoms with E-state index in [0.29, 0.717) is 22.9 Å². The summed E-state index contributed by atoms with van der Waals surface area (Å²) in [6, 6.07) is 3.33. The molecule has 58 valence electrons. The van der Waals surface area contributed by atoms with Crippen molar-refractivity contribution in [2.45, 2.75) is 0 Å². The van der Waals surface area contributed by atoms with Crippen LogP contribution in [0.4, 0.5) is 0 Å². The van der Waals surface area contributed by atoms with Crippen LogP contribution in [0.1, 0.15) is 5.69 Å². The summed E-state index contributed by atoms with van der Waals surface area (Å²) in [4.78, 5) is 3.92. The third kappa shape index (κ3) is 2.88. The Morgan fingerprint density at radius 2 is 2.55 bits per heavy atom. The van der Waals surface area contributed by atoms with E-state index in [-0.39, 0.29) is 0 Å². The van der Waals surface area contributed by atoms with Crippen LogP contribution in [0.5, 0.6) is 0 Å². The highest BCUT2D eigenvalue weighted by molar-refractivity contribution is 7.92. The molecule has 0 saturated heterocycles. The number of hydrogen-bond acceptors (Lipinski definition) is 4. The summed E-state index contributed by atoms with van der Waals surface area (Å²) in [7, 11) is 0. The summed E-state index contributed by atoms with van der Waals surface area (Å²) >= 11 is 6.04. The Morgan fingerprint density at radius 3 is 3.18 bits per heavy atom. The van der Waals surface area contributed by atoms with Crippen molar-refractivity contribution in [3.63, 3.8) is 0 Å². The van der Waals surface area contributed by atoms with Crippen molar-refractivity contribution in [1.29, 1.82) is 0 Å². The standard InChI is InChI=1S/C6H5ClN2OS/c7-5-1-2-8-6(3-5)4-9-11-10/h1-4,10H. The molecule has 11 heavy (non-hydrogen) atoms. The quantitative estimate of drug-likeness (QED) is 0.440. The van der Waals surface area contributed by atoms with Crippen LogP contribution >= 0.6 is 23.8 Å². The zero-order valence-electron chi connectivity index (χ0n) is 5.44. The van der Waals surface area contributed by atoms with Crippen LogP contribution in [-0.2, 0) is 0 Å². The van der Waals surface area contributed by atoms with Crippen molar-refractivity contribution < 1.29 is 4.55 Å². The van der Waals surface area contributed by atoms with Crippen LogP contribution in [0.3, 0.4) is 0 Å². The maximum Gasteiger partial charge on any atom is 0.133 e. The number of hydrogen-bond donors (Lipinski definition) is 1. The molecule has 5 heteroatoms. The first-order chi connectivity index (χ1) is 5.33. The van der Waals surface area contributed by atoms with Gasteiger partial charge in [0.25, 0.3) is 0 Å². The van der Waals surface area contributed by atoms with Crippen molar-refractivity contribution in [3.05, 3.63) is 29.0 Å². The minimum atomic E-state index is 0.389. The maximum atomic E-state index is 8.25. The predicted molar refractivity (Wildman–Crippen MR) is 47.1 cm³/mol. The molecule has 0 fully saturated rings. The molecule has 0 atom stereocenters. The molecule has 1 aromatic rings. The Hall–Kier alpha value is -0.580. The Bertz CT molecular complexity index is 267. The molecule has 0 aromatic carbocycles. The molecule has 0 aliphatic rings. The fraction of sp³-hybridized carbons (Fsp3) is 0. The van der Waals surface area contributed by atoms with Gasteiger partial charge >= 0.3 is 0 Å². The van der Waals surface area contributed by atoms with Crippen LogP contribution in [0.2, 0.25) is 5.02 Å². The summed E-state index contributed by atoms with van der Waals surface area (Å²) in [5, 5.41) is 0.601. The first-order valence-electron chi connectivity index (χ1n) is 2.78. The first-order valence-corrected chi connectivity index (χ1v) is 3.89. The molecule has 0 aliphatic carbocycles. The van der Waals surface area contributed by atoms with E-state index in [0.717, 1.165) is 0 Å². The molecule has 1 rings (SSSR count). The van der Waals surface area contributed by atoms with Gasteiger partial charge in [-0.2, -0.15) is 4.40 Å². The van der Waals surface area contributed by atoms with Gasteiger partial charge in [-0.25, -0.2) is 0 Å². The molecule has 3 nitrogen and oxygen atoms in total. The van der Waals surface area contributed by atoms with E-state index in [9.17, 15) is 0 Å². The van der Waals surface area contributed by atoms with E-state index >= 15 is 0 Å². The van der Waals surface area contributed by atoms with Gasteiger partial charge in [-0.05, 0) is 12.1 Å². The fourth-order valence-electron chi connectivity index (χ4n) is 0.569. The topological polar surface area (TPSA) is 45.5 Å². The second-order valence-corrected chi connectivity index (χ2v) is 2.53. The molecule has 1 aromatic heterocycles. The van der Waals surface area contributed by atoms with E-state index in [1.165, 1.54) is 6.21 Å². The van der Waals surface area contributed by atoms with E-state index in [4.69, 9.17) is 16.2 Å². The van der Waals surface area contributed by atoms with Crippen LogP contribution in [0.15, 0.2) is 22.7 Å². The third-order valence-electron chi connectivity index (χ3n) is 0.975. The Kier molecular flexibility index (Phi) is 3.35. The van der Waals surface area contributed by atoms with Gasteiger partial charge in [0, 0.05) is 11.2 Å². The molecular formula is C6H5ClN2OS. The second kappa shape index (κ2) is 4.33. The fourth-order valence-corrected chi connectivity index (χ4v) is 0.893. The molecular weight excluding hydrogens is 184 g/mol. The van der Waals surface area contributed by atoms with Gasteiger partial charge in [0.1, 0.15) is 12.2 Å². The lowest BCUT2D eigenvalue weighted by Gasteiger charge is -1.90. The van der Waals surface area contributed by atoms with E-state index in [1.54, 1.807) is 18.3 Å². The number of halogens is 1. The van der Waals surface area contributed by atoms with Crippen molar-refractivity contribution in [1.82, 2.24) is 4.98 Å². The SMILES string of the molecule is OSN=Cc1cc(Cl)ccn1. The highest BCUT2D eigenvalue weighted by Crippen LogP contribution is 2.06. The van der Waals surface area contributed by atoms with Gasteiger partial charge in [-0.3, -0.25) is 4.98 Å². The first kappa shape index (κ1) is 8.52. The molecule has 0 spiro atoms. The van der Waals surface area contributed by atoms with Gasteiger partial charge in [-0.15, -0.1) is 0 Å². The highest BCUT2D eigenvalue weighted by Gasteiger charge is 1.89. The molecule has 0 unspecified atom stereocenters. The van der Waals surface area contributed by atoms with Gasteiger partial charge in [0.05, 0.1) is 11.9 Å². The lowest BCUT2D eigenvalue weighted by molar-refractivity contribution is 0.666. The molecule has 0 saturated carbocycles. The lowest BCUT2D eigenvalue weighted by atomic mass is 10.4. The lowest BCUT2D eigenvalue weighted by Crippen LogP contribution is -1.84. The summed E-state index contributed by atoms with van der Waals surface area (Å²) in [6.07, 6.45) is 3.00. The maximum absolute atomic E-state index is 8.25. The number of pyridine rings is 1. The zero-order chi connectivity index (χ0) is 8.10. The molecule has 1 N–H and O–H groups in total. The van der Waals surface area contributed by atoms with Crippen molar-refractivity contribution in [3.8, 4) is 0 Å². The van der Waals surface area contributed by atoms with Crippen molar-refractivity contribution in [2.24, 2.45) is 4.40 Å². The summed E-state index contributed by atoms with van der Waals surface area (Å²) in [5.41, 5.74) is 0.624. The van der Waals surface area contributed by atoms with Crippen LogP contribution in [-0.4, -0.2) is 15.8 Å². The summed E-state index contributed by atoms with van der Waals surface area (Å²) in [5.74, 6) is 0. The van der Waals surface area contributed by atoms with E-state index < -0.39 is 0 Å². The average Bonchev–Trinajstić information content (AvgIpc) is 2.01. The average molecular weight is 189 g/mol. The minimum absolute atomic E-state index is 0.389. The number of aromatic nitrogens is 1. The Balaban J connectivity index is 2.79. The van der Waals surface area contributed by atoms with Crippen LogP contribution < -0.4 is 0 Å². The van der Waals surface area contributed by atoms with Crippen LogP contribution in [0.25, 0.3) is 0 Å². The molecule has 1 heterocycles. The smallest absolute Gasteiger partial charge is 0.133 e.